The lowest BCUT2D eigenvalue weighted by atomic mass is 9.73. The van der Waals surface area contributed by atoms with Crippen molar-refractivity contribution >= 4 is 34.1 Å². The van der Waals surface area contributed by atoms with Crippen molar-refractivity contribution < 1.29 is 9.18 Å². The zero-order valence-electron chi connectivity index (χ0n) is 16.4. The molecule has 0 bridgehead atoms. The van der Waals surface area contributed by atoms with Crippen molar-refractivity contribution in [3.05, 3.63) is 71.1 Å². The quantitative estimate of drug-likeness (QED) is 0.528. The molecule has 1 amide bonds. The highest BCUT2D eigenvalue weighted by molar-refractivity contribution is 6.30. The second kappa shape index (κ2) is 8.50. The number of nitrogens with zero attached hydrogens (tertiary/aromatic N) is 1. The highest BCUT2D eigenvalue weighted by Gasteiger charge is 2.30. The second-order valence-corrected chi connectivity index (χ2v) is 8.37. The van der Waals surface area contributed by atoms with Crippen molar-refractivity contribution in [3.63, 3.8) is 0 Å². The largest absolute Gasteiger partial charge is 0.326 e. The summed E-state index contributed by atoms with van der Waals surface area (Å²) >= 11 is 5.90. The fourth-order valence-corrected chi connectivity index (χ4v) is 4.58. The number of carbonyl (C=O) groups excluding carboxylic acids is 1. The number of carbonyl (C=O) groups is 1. The average Bonchev–Trinajstić information content (AvgIpc) is 2.75. The van der Waals surface area contributed by atoms with Gasteiger partial charge in [0.2, 0.25) is 5.91 Å². The van der Waals surface area contributed by atoms with E-state index >= 15 is 0 Å². The Morgan fingerprint density at radius 2 is 1.83 bits per heavy atom. The molecular formula is C24H24ClFN2O. The van der Waals surface area contributed by atoms with Crippen LogP contribution >= 0.6 is 11.6 Å². The van der Waals surface area contributed by atoms with Gasteiger partial charge in [0.05, 0.1) is 0 Å². The van der Waals surface area contributed by atoms with Crippen LogP contribution in [0.4, 0.5) is 10.1 Å². The monoisotopic (exact) mass is 410 g/mol. The van der Waals surface area contributed by atoms with E-state index in [1.165, 1.54) is 11.6 Å². The fourth-order valence-electron chi connectivity index (χ4n) is 4.45. The van der Waals surface area contributed by atoms with Crippen molar-refractivity contribution in [1.82, 2.24) is 4.98 Å². The summed E-state index contributed by atoms with van der Waals surface area (Å²) < 4.78 is 14.1. The Bertz CT molecular complexity index is 1010. The molecule has 1 aliphatic rings. The minimum atomic E-state index is -0.273. The van der Waals surface area contributed by atoms with Crippen LogP contribution in [0.3, 0.4) is 0 Å². The molecule has 1 saturated carbocycles. The molecule has 29 heavy (non-hydrogen) atoms. The van der Waals surface area contributed by atoms with Crippen LogP contribution in [0.1, 0.15) is 44.1 Å². The lowest BCUT2D eigenvalue weighted by Crippen LogP contribution is -2.29. The number of rotatable bonds is 4. The first kappa shape index (κ1) is 19.8. The van der Waals surface area contributed by atoms with Gasteiger partial charge in [-0.05, 0) is 79.5 Å². The summed E-state index contributed by atoms with van der Waals surface area (Å²) in [5.41, 5.74) is 2.39. The predicted molar refractivity (Wildman–Crippen MR) is 116 cm³/mol. The molecule has 3 aromatic rings. The van der Waals surface area contributed by atoms with Crippen molar-refractivity contribution in [3.8, 4) is 0 Å². The molecule has 1 aromatic heterocycles. The first-order chi connectivity index (χ1) is 14.0. The van der Waals surface area contributed by atoms with Gasteiger partial charge in [0.1, 0.15) is 11.3 Å². The Morgan fingerprint density at radius 3 is 2.55 bits per heavy atom. The number of aromatic nitrogens is 1. The maximum absolute atomic E-state index is 14.1. The third kappa shape index (κ3) is 4.27. The maximum Gasteiger partial charge on any atom is 0.227 e. The molecule has 1 aliphatic carbocycles. The van der Waals surface area contributed by atoms with Gasteiger partial charge < -0.3 is 5.32 Å². The van der Waals surface area contributed by atoms with E-state index in [1.807, 2.05) is 31.2 Å². The van der Waals surface area contributed by atoms with Crippen LogP contribution in [0.25, 0.3) is 10.9 Å². The molecule has 0 radical (unpaired) electrons. The normalized spacial score (nSPS) is 20.4. The van der Waals surface area contributed by atoms with Crippen LogP contribution in [-0.2, 0) is 4.79 Å². The van der Waals surface area contributed by atoms with Gasteiger partial charge in [-0.1, -0.05) is 30.7 Å². The maximum atomic E-state index is 14.1. The summed E-state index contributed by atoms with van der Waals surface area (Å²) in [7, 11) is 0. The molecular weight excluding hydrogens is 387 g/mol. The Hall–Kier alpha value is -2.46. The summed E-state index contributed by atoms with van der Waals surface area (Å²) in [5, 5.41) is 4.55. The van der Waals surface area contributed by atoms with E-state index in [9.17, 15) is 9.18 Å². The van der Waals surface area contributed by atoms with E-state index < -0.39 is 0 Å². The second-order valence-electron chi connectivity index (χ2n) is 7.93. The topological polar surface area (TPSA) is 42.0 Å². The third-order valence-corrected chi connectivity index (χ3v) is 6.45. The molecule has 1 N–H and O–H groups in total. The van der Waals surface area contributed by atoms with Gasteiger partial charge >= 0.3 is 0 Å². The molecule has 1 unspecified atom stereocenters. The molecule has 0 aliphatic heterocycles. The van der Waals surface area contributed by atoms with Crippen LogP contribution < -0.4 is 5.32 Å². The number of para-hydroxylation sites is 1. The minimum absolute atomic E-state index is 0.0483. The number of pyridine rings is 1. The van der Waals surface area contributed by atoms with Gasteiger partial charge in [0.25, 0.3) is 0 Å². The molecule has 0 saturated heterocycles. The summed E-state index contributed by atoms with van der Waals surface area (Å²) in [4.78, 5) is 16.9. The number of nitrogens with one attached hydrogen (secondary N) is 1. The molecule has 2 aromatic carbocycles. The molecule has 3 nitrogen and oxygen atoms in total. The van der Waals surface area contributed by atoms with Crippen molar-refractivity contribution in [1.29, 1.82) is 0 Å². The number of hydrogen-bond acceptors (Lipinski definition) is 2. The molecule has 4 rings (SSSR count). The Balaban J connectivity index is 1.41. The summed E-state index contributed by atoms with van der Waals surface area (Å²) in [6.07, 6.45) is 5.67. The number of fused-ring (bicyclic) bond motifs is 1. The number of benzene rings is 2. The number of amides is 1. The number of halogens is 2. The average molecular weight is 411 g/mol. The van der Waals surface area contributed by atoms with Gasteiger partial charge in [0.15, 0.2) is 0 Å². The van der Waals surface area contributed by atoms with Crippen molar-refractivity contribution in [2.45, 2.75) is 38.5 Å². The van der Waals surface area contributed by atoms with Crippen LogP contribution in [0.5, 0.6) is 0 Å². The Kier molecular flexibility index (Phi) is 5.81. The molecule has 150 valence electrons. The lowest BCUT2D eigenvalue weighted by Gasteiger charge is -2.32. The zero-order chi connectivity index (χ0) is 20.4. The van der Waals surface area contributed by atoms with Crippen molar-refractivity contribution in [2.75, 3.05) is 5.32 Å². The van der Waals surface area contributed by atoms with Crippen LogP contribution in [0.2, 0.25) is 5.02 Å². The van der Waals surface area contributed by atoms with E-state index in [0.29, 0.717) is 22.4 Å². The summed E-state index contributed by atoms with van der Waals surface area (Å²) in [5.74, 6) is 0.449. The molecule has 0 spiro atoms. The highest BCUT2D eigenvalue weighted by atomic mass is 35.5. The zero-order valence-corrected chi connectivity index (χ0v) is 17.1. The predicted octanol–water partition coefficient (Wildman–Crippen LogP) is 6.58. The Morgan fingerprint density at radius 1 is 1.10 bits per heavy atom. The van der Waals surface area contributed by atoms with Crippen LogP contribution in [0, 0.1) is 17.7 Å². The SMILES string of the molecule is CC(C(=O)Nc1ccc(Cl)cc1)C1CCC(c2ccnc3c(F)cccc23)CC1. The standard InChI is InChI=1S/C24H24ClFN2O/c1-15(24(29)28-19-11-9-18(25)10-12-19)16-5-7-17(8-6-16)20-13-14-27-23-21(20)3-2-4-22(23)26/h2-4,9-17H,5-8H2,1H3,(H,28,29). The van der Waals surface area contributed by atoms with Gasteiger partial charge in [0, 0.05) is 28.2 Å². The van der Waals surface area contributed by atoms with Gasteiger partial charge in [-0.15, -0.1) is 0 Å². The van der Waals surface area contributed by atoms with Gasteiger partial charge in [-0.3, -0.25) is 9.78 Å². The van der Waals surface area contributed by atoms with Crippen LogP contribution in [0.15, 0.2) is 54.7 Å². The van der Waals surface area contributed by atoms with Crippen molar-refractivity contribution in [2.24, 2.45) is 11.8 Å². The number of anilines is 1. The molecule has 1 heterocycles. The van der Waals surface area contributed by atoms with E-state index in [0.717, 1.165) is 36.8 Å². The van der Waals surface area contributed by atoms with E-state index in [2.05, 4.69) is 10.3 Å². The smallest absolute Gasteiger partial charge is 0.227 e. The molecule has 1 fully saturated rings. The fraction of sp³-hybridized carbons (Fsp3) is 0.333. The molecule has 5 heteroatoms. The lowest BCUT2D eigenvalue weighted by molar-refractivity contribution is -0.121. The molecule has 1 atom stereocenters. The summed E-state index contributed by atoms with van der Waals surface area (Å²) in [6, 6.07) is 14.4. The van der Waals surface area contributed by atoms with E-state index in [-0.39, 0.29) is 17.6 Å². The minimum Gasteiger partial charge on any atom is -0.326 e. The Labute approximate surface area is 175 Å². The highest BCUT2D eigenvalue weighted by Crippen LogP contribution is 2.41. The third-order valence-electron chi connectivity index (χ3n) is 6.20. The van der Waals surface area contributed by atoms with Gasteiger partial charge in [-0.2, -0.15) is 0 Å². The first-order valence-corrected chi connectivity index (χ1v) is 10.5. The van der Waals surface area contributed by atoms with Gasteiger partial charge in [-0.25, -0.2) is 4.39 Å². The number of hydrogen-bond donors (Lipinski definition) is 1. The van der Waals surface area contributed by atoms with E-state index in [4.69, 9.17) is 11.6 Å². The van der Waals surface area contributed by atoms with Crippen LogP contribution in [-0.4, -0.2) is 10.9 Å². The first-order valence-electron chi connectivity index (χ1n) is 10.1. The van der Waals surface area contributed by atoms with E-state index in [1.54, 1.807) is 24.4 Å². The summed E-state index contributed by atoms with van der Waals surface area (Å²) in [6.45, 7) is 2.01.